The maximum Gasteiger partial charge on any atom is 0.319 e. The molecule has 1 aromatic rings. The third-order valence-electron chi connectivity index (χ3n) is 4.63. The van der Waals surface area contributed by atoms with E-state index in [0.29, 0.717) is 18.8 Å². The molecule has 4 nitrogen and oxygen atoms in total. The molecule has 2 aliphatic carbocycles. The second kappa shape index (κ2) is 4.33. The van der Waals surface area contributed by atoms with Gasteiger partial charge < -0.3 is 10.4 Å². The zero-order valence-corrected chi connectivity index (χ0v) is 11.8. The Hall–Kier alpha value is -1.84. The van der Waals surface area contributed by atoms with E-state index in [4.69, 9.17) is 0 Å². The number of carboxylic acids is 1. The van der Waals surface area contributed by atoms with Crippen molar-refractivity contribution in [2.24, 2.45) is 11.3 Å². The minimum atomic E-state index is -1.16. The molecular formula is C16H19NO3. The molecule has 0 heterocycles. The van der Waals surface area contributed by atoms with Crippen LogP contribution in [0.3, 0.4) is 0 Å². The third-order valence-corrected chi connectivity index (χ3v) is 4.63. The number of hydrogen-bond donors (Lipinski definition) is 2. The summed E-state index contributed by atoms with van der Waals surface area (Å²) in [6.45, 7) is 4.13. The van der Waals surface area contributed by atoms with Crippen molar-refractivity contribution in [2.45, 2.75) is 39.2 Å². The summed E-state index contributed by atoms with van der Waals surface area (Å²) in [5, 5.41) is 12.2. The first-order chi connectivity index (χ1) is 9.44. The standard InChI is InChI=1S/C16H19NO3/c1-9-3-4-11-8-10(2)13(12(11)7-9)17-14(18)16(5-6-16)15(19)20/h3-4,7,10,13H,5-6,8H2,1-2H3,(H,17,18)(H,19,20). The zero-order chi connectivity index (χ0) is 14.5. The Morgan fingerprint density at radius 2 is 2.05 bits per heavy atom. The molecule has 2 atom stereocenters. The van der Waals surface area contributed by atoms with Gasteiger partial charge in [-0.15, -0.1) is 0 Å². The molecule has 0 bridgehead atoms. The lowest BCUT2D eigenvalue weighted by Gasteiger charge is -2.21. The summed E-state index contributed by atoms with van der Waals surface area (Å²) in [5.41, 5.74) is 2.41. The summed E-state index contributed by atoms with van der Waals surface area (Å²) < 4.78 is 0. The Balaban J connectivity index is 1.84. The maximum atomic E-state index is 12.3. The summed E-state index contributed by atoms with van der Waals surface area (Å²) in [7, 11) is 0. The fourth-order valence-electron chi connectivity index (χ4n) is 3.12. The summed E-state index contributed by atoms with van der Waals surface area (Å²) >= 11 is 0. The Labute approximate surface area is 118 Å². The molecule has 1 saturated carbocycles. The van der Waals surface area contributed by atoms with Gasteiger partial charge in [0.15, 0.2) is 0 Å². The van der Waals surface area contributed by atoms with Crippen LogP contribution in [-0.4, -0.2) is 17.0 Å². The molecule has 0 aromatic heterocycles. The fraction of sp³-hybridized carbons (Fsp3) is 0.500. The van der Waals surface area contributed by atoms with Crippen molar-refractivity contribution in [2.75, 3.05) is 0 Å². The molecule has 3 rings (SSSR count). The fourth-order valence-corrected chi connectivity index (χ4v) is 3.12. The molecular weight excluding hydrogens is 254 g/mol. The smallest absolute Gasteiger partial charge is 0.319 e. The molecule has 2 N–H and O–H groups in total. The summed E-state index contributed by atoms with van der Waals surface area (Å²) in [4.78, 5) is 23.5. The second-order valence-electron chi connectivity index (χ2n) is 6.22. The van der Waals surface area contributed by atoms with Crippen LogP contribution in [0.25, 0.3) is 0 Å². The van der Waals surface area contributed by atoms with Crippen molar-refractivity contribution in [3.8, 4) is 0 Å². The molecule has 2 unspecified atom stereocenters. The van der Waals surface area contributed by atoms with E-state index in [0.717, 1.165) is 17.5 Å². The van der Waals surface area contributed by atoms with E-state index < -0.39 is 11.4 Å². The number of nitrogens with one attached hydrogen (secondary N) is 1. The van der Waals surface area contributed by atoms with Gasteiger partial charge in [-0.1, -0.05) is 30.7 Å². The molecule has 2 aliphatic rings. The van der Waals surface area contributed by atoms with Gasteiger partial charge in [0.1, 0.15) is 5.41 Å². The first-order valence-corrected chi connectivity index (χ1v) is 7.08. The van der Waals surface area contributed by atoms with Crippen molar-refractivity contribution in [3.05, 3.63) is 34.9 Å². The number of hydrogen-bond acceptors (Lipinski definition) is 2. The largest absolute Gasteiger partial charge is 0.480 e. The SMILES string of the molecule is Cc1ccc2c(c1)C(NC(=O)C1(C(=O)O)CC1)C(C)C2. The van der Waals surface area contributed by atoms with Crippen LogP contribution in [-0.2, 0) is 16.0 Å². The van der Waals surface area contributed by atoms with Gasteiger partial charge in [-0.05, 0) is 43.2 Å². The van der Waals surface area contributed by atoms with E-state index in [9.17, 15) is 14.7 Å². The van der Waals surface area contributed by atoms with Crippen LogP contribution in [0.5, 0.6) is 0 Å². The summed E-state index contributed by atoms with van der Waals surface area (Å²) in [5.74, 6) is -1.01. The lowest BCUT2D eigenvalue weighted by molar-refractivity contribution is -0.149. The number of amides is 1. The topological polar surface area (TPSA) is 66.4 Å². The van der Waals surface area contributed by atoms with Gasteiger partial charge in [-0.3, -0.25) is 9.59 Å². The molecule has 0 radical (unpaired) electrons. The first kappa shape index (κ1) is 13.2. The molecule has 0 saturated heterocycles. The predicted octanol–water partition coefficient (Wildman–Crippen LogP) is 2.21. The highest BCUT2D eigenvalue weighted by atomic mass is 16.4. The monoisotopic (exact) mass is 273 g/mol. The van der Waals surface area contributed by atoms with E-state index in [1.165, 1.54) is 5.56 Å². The van der Waals surface area contributed by atoms with Crippen LogP contribution < -0.4 is 5.32 Å². The summed E-state index contributed by atoms with van der Waals surface area (Å²) in [6, 6.07) is 6.23. The molecule has 1 fully saturated rings. The molecule has 1 amide bonds. The van der Waals surface area contributed by atoms with Gasteiger partial charge >= 0.3 is 5.97 Å². The Bertz CT molecular complexity index is 589. The van der Waals surface area contributed by atoms with Gasteiger partial charge in [-0.2, -0.15) is 0 Å². The Morgan fingerprint density at radius 1 is 1.35 bits per heavy atom. The van der Waals surface area contributed by atoms with Gasteiger partial charge in [0.25, 0.3) is 0 Å². The van der Waals surface area contributed by atoms with E-state index in [1.54, 1.807) is 0 Å². The lowest BCUT2D eigenvalue weighted by atomic mass is 9.99. The van der Waals surface area contributed by atoms with Crippen LogP contribution in [0.2, 0.25) is 0 Å². The second-order valence-corrected chi connectivity index (χ2v) is 6.22. The minimum absolute atomic E-state index is 0.0609. The number of carboxylic acid groups (broad SMARTS) is 1. The van der Waals surface area contributed by atoms with Crippen LogP contribution in [0.15, 0.2) is 18.2 Å². The van der Waals surface area contributed by atoms with Crippen molar-refractivity contribution < 1.29 is 14.7 Å². The molecule has 4 heteroatoms. The number of aliphatic carboxylic acids is 1. The van der Waals surface area contributed by atoms with Crippen LogP contribution >= 0.6 is 0 Å². The number of rotatable bonds is 3. The normalized spacial score (nSPS) is 25.9. The van der Waals surface area contributed by atoms with Gasteiger partial charge in [0, 0.05) is 0 Å². The van der Waals surface area contributed by atoms with E-state index >= 15 is 0 Å². The van der Waals surface area contributed by atoms with Crippen LogP contribution in [0.1, 0.15) is 42.5 Å². The molecule has 106 valence electrons. The highest BCUT2D eigenvalue weighted by Gasteiger charge is 2.57. The average molecular weight is 273 g/mol. The van der Waals surface area contributed by atoms with Gasteiger partial charge in [-0.25, -0.2) is 0 Å². The Kier molecular flexibility index (Phi) is 2.85. The van der Waals surface area contributed by atoms with Crippen molar-refractivity contribution in [1.82, 2.24) is 5.32 Å². The van der Waals surface area contributed by atoms with Gasteiger partial charge in [0.05, 0.1) is 6.04 Å². The Morgan fingerprint density at radius 3 is 2.65 bits per heavy atom. The van der Waals surface area contributed by atoms with Crippen molar-refractivity contribution >= 4 is 11.9 Å². The number of carbonyl (C=O) groups is 2. The number of aryl methyl sites for hydroxylation is 1. The predicted molar refractivity (Wildman–Crippen MR) is 74.2 cm³/mol. The molecule has 0 aliphatic heterocycles. The van der Waals surface area contributed by atoms with E-state index in [1.807, 2.05) is 6.92 Å². The van der Waals surface area contributed by atoms with Crippen molar-refractivity contribution in [1.29, 1.82) is 0 Å². The van der Waals surface area contributed by atoms with E-state index in [-0.39, 0.29) is 11.9 Å². The number of carbonyl (C=O) groups excluding carboxylic acids is 1. The highest BCUT2D eigenvalue weighted by Crippen LogP contribution is 2.47. The summed E-state index contributed by atoms with van der Waals surface area (Å²) in [6.07, 6.45) is 1.84. The van der Waals surface area contributed by atoms with Crippen molar-refractivity contribution in [3.63, 3.8) is 0 Å². The molecule has 0 spiro atoms. The highest BCUT2D eigenvalue weighted by molar-refractivity contribution is 6.05. The van der Waals surface area contributed by atoms with E-state index in [2.05, 4.69) is 30.4 Å². The first-order valence-electron chi connectivity index (χ1n) is 7.08. The minimum Gasteiger partial charge on any atom is -0.480 e. The number of benzene rings is 1. The van der Waals surface area contributed by atoms with Crippen LogP contribution in [0, 0.1) is 18.3 Å². The average Bonchev–Trinajstić information content (AvgIpc) is 3.14. The lowest BCUT2D eigenvalue weighted by Crippen LogP contribution is -2.40. The molecule has 20 heavy (non-hydrogen) atoms. The van der Waals surface area contributed by atoms with Gasteiger partial charge in [0.2, 0.25) is 5.91 Å². The molecule has 1 aromatic carbocycles. The maximum absolute atomic E-state index is 12.3. The quantitative estimate of drug-likeness (QED) is 0.830. The number of fused-ring (bicyclic) bond motifs is 1. The third kappa shape index (κ3) is 1.90. The zero-order valence-electron chi connectivity index (χ0n) is 11.8. The van der Waals surface area contributed by atoms with Crippen LogP contribution in [0.4, 0.5) is 0 Å².